The van der Waals surface area contributed by atoms with Crippen molar-refractivity contribution >= 4 is 0 Å². The van der Waals surface area contributed by atoms with Gasteiger partial charge < -0.3 is 0 Å². The van der Waals surface area contributed by atoms with Crippen molar-refractivity contribution in [2.24, 2.45) is 0 Å². The summed E-state index contributed by atoms with van der Waals surface area (Å²) in [7, 11) is 0. The number of rotatable bonds is 0. The Hall–Kier alpha value is -1.18. The predicted molar refractivity (Wildman–Crippen MR) is 40.1 cm³/mol. The molecule has 1 rings (SSSR count). The molecule has 1 nitrogen and oxygen atoms in total. The van der Waals surface area contributed by atoms with Crippen LogP contribution in [-0.2, 0) is 0 Å². The molecule has 10 heavy (non-hydrogen) atoms. The van der Waals surface area contributed by atoms with E-state index in [0.29, 0.717) is 0 Å². The molecule has 1 aromatic rings. The van der Waals surface area contributed by atoms with Crippen LogP contribution >= 0.6 is 0 Å². The van der Waals surface area contributed by atoms with E-state index >= 15 is 0 Å². The van der Waals surface area contributed by atoms with Gasteiger partial charge in [0.1, 0.15) is 5.82 Å². The Morgan fingerprint density at radius 3 is 2.50 bits per heavy atom. The van der Waals surface area contributed by atoms with Crippen molar-refractivity contribution in [1.29, 1.82) is 0 Å². The lowest BCUT2D eigenvalue weighted by Crippen LogP contribution is -1.70. The van der Waals surface area contributed by atoms with Crippen LogP contribution in [0.3, 0.4) is 0 Å². The molecule has 2 heteroatoms. The highest BCUT2D eigenvalue weighted by atomic mass is 19.1. The number of halogens is 1. The van der Waals surface area contributed by atoms with Gasteiger partial charge in [0.2, 0.25) is 0 Å². The molecule has 0 aromatic carbocycles. The van der Waals surface area contributed by atoms with E-state index in [4.69, 9.17) is 0 Å². The van der Waals surface area contributed by atoms with Gasteiger partial charge in [-0.1, -0.05) is 6.08 Å². The van der Waals surface area contributed by atoms with Gasteiger partial charge in [-0.05, 0) is 19.1 Å². The van der Waals surface area contributed by atoms with Crippen molar-refractivity contribution in [2.45, 2.75) is 6.92 Å². The van der Waals surface area contributed by atoms with E-state index in [2.05, 4.69) is 11.6 Å². The Kier molecular flexibility index (Phi) is 5.25. The van der Waals surface area contributed by atoms with Crippen LogP contribution in [-0.4, -0.2) is 4.98 Å². The third kappa shape index (κ3) is 4.97. The standard InChI is InChI=1S/C5H4FN.C3H6/c6-5-2-1-3-7-4-5;1-3-2/h1-4H;3H,1H2,2H3. The van der Waals surface area contributed by atoms with Gasteiger partial charge in [0.15, 0.2) is 0 Å². The van der Waals surface area contributed by atoms with E-state index < -0.39 is 0 Å². The molecule has 0 N–H and O–H groups in total. The normalized spacial score (nSPS) is 7.40. The number of hydrogen-bond acceptors (Lipinski definition) is 1. The van der Waals surface area contributed by atoms with E-state index in [1.54, 1.807) is 12.1 Å². The van der Waals surface area contributed by atoms with Crippen LogP contribution < -0.4 is 0 Å². The Labute approximate surface area is 60.2 Å². The number of aromatic nitrogens is 1. The molecule has 54 valence electrons. The van der Waals surface area contributed by atoms with Gasteiger partial charge in [-0.2, -0.15) is 0 Å². The molecular formula is C8H10FN. The SMILES string of the molecule is C=CC.Fc1cccnc1. The van der Waals surface area contributed by atoms with Gasteiger partial charge in [-0.15, -0.1) is 6.58 Å². The Balaban J connectivity index is 0.000000236. The van der Waals surface area contributed by atoms with Crippen molar-refractivity contribution in [3.05, 3.63) is 43.0 Å². The van der Waals surface area contributed by atoms with E-state index in [0.717, 1.165) is 0 Å². The zero-order chi connectivity index (χ0) is 7.82. The van der Waals surface area contributed by atoms with Gasteiger partial charge >= 0.3 is 0 Å². The molecule has 0 atom stereocenters. The average Bonchev–Trinajstić information content (AvgIpc) is 1.91. The minimum absolute atomic E-state index is 0.289. The van der Waals surface area contributed by atoms with Gasteiger partial charge in [-0.25, -0.2) is 4.39 Å². The molecule has 0 fully saturated rings. The molecule has 0 aliphatic rings. The lowest BCUT2D eigenvalue weighted by molar-refractivity contribution is 0.621. The zero-order valence-electron chi connectivity index (χ0n) is 5.92. The van der Waals surface area contributed by atoms with Gasteiger partial charge in [0, 0.05) is 6.20 Å². The van der Waals surface area contributed by atoms with Crippen LogP contribution in [0.4, 0.5) is 4.39 Å². The maximum Gasteiger partial charge on any atom is 0.141 e. The smallest absolute Gasteiger partial charge is 0.141 e. The minimum atomic E-state index is -0.289. The highest BCUT2D eigenvalue weighted by Gasteiger charge is 1.78. The summed E-state index contributed by atoms with van der Waals surface area (Å²) >= 11 is 0. The Bertz CT molecular complexity index is 172. The van der Waals surface area contributed by atoms with Crippen molar-refractivity contribution in [1.82, 2.24) is 4.98 Å². The van der Waals surface area contributed by atoms with E-state index in [1.165, 1.54) is 18.5 Å². The molecule has 0 radical (unpaired) electrons. The number of hydrogen-bond donors (Lipinski definition) is 0. The molecule has 1 aromatic heterocycles. The minimum Gasteiger partial charge on any atom is -0.262 e. The van der Waals surface area contributed by atoms with Crippen LogP contribution in [0.5, 0.6) is 0 Å². The summed E-state index contributed by atoms with van der Waals surface area (Å²) in [4.78, 5) is 3.51. The fourth-order valence-electron chi connectivity index (χ4n) is 0.342. The van der Waals surface area contributed by atoms with Crippen LogP contribution in [0, 0.1) is 5.82 Å². The van der Waals surface area contributed by atoms with Crippen molar-refractivity contribution in [2.75, 3.05) is 0 Å². The summed E-state index contributed by atoms with van der Waals surface area (Å²) in [5.74, 6) is -0.289. The summed E-state index contributed by atoms with van der Waals surface area (Å²) < 4.78 is 11.8. The second kappa shape index (κ2) is 5.95. The lowest BCUT2D eigenvalue weighted by atomic mass is 10.5. The number of nitrogens with zero attached hydrogens (tertiary/aromatic N) is 1. The molecule has 0 unspecified atom stereocenters. The third-order valence-electron chi connectivity index (χ3n) is 0.625. The van der Waals surface area contributed by atoms with Crippen molar-refractivity contribution in [3.8, 4) is 0 Å². The van der Waals surface area contributed by atoms with Gasteiger partial charge in [-0.3, -0.25) is 4.98 Å². The second-order valence-electron chi connectivity index (χ2n) is 1.58. The molecule has 0 aliphatic carbocycles. The first kappa shape index (κ1) is 8.82. The molecule has 0 saturated heterocycles. The Morgan fingerprint density at radius 1 is 1.70 bits per heavy atom. The summed E-state index contributed by atoms with van der Waals surface area (Å²) in [6.07, 6.45) is 4.45. The quantitative estimate of drug-likeness (QED) is 0.503. The average molecular weight is 139 g/mol. The van der Waals surface area contributed by atoms with E-state index in [9.17, 15) is 4.39 Å². The topological polar surface area (TPSA) is 12.9 Å². The van der Waals surface area contributed by atoms with E-state index in [1.807, 2.05) is 6.92 Å². The molecule has 0 bridgehead atoms. The summed E-state index contributed by atoms with van der Waals surface area (Å²) in [5.41, 5.74) is 0. The molecule has 0 spiro atoms. The van der Waals surface area contributed by atoms with Crippen LogP contribution in [0.15, 0.2) is 37.2 Å². The molecule has 0 saturated carbocycles. The van der Waals surface area contributed by atoms with Gasteiger partial charge in [0.25, 0.3) is 0 Å². The highest BCUT2D eigenvalue weighted by Crippen LogP contribution is 1.87. The largest absolute Gasteiger partial charge is 0.262 e. The van der Waals surface area contributed by atoms with Crippen LogP contribution in [0.1, 0.15) is 6.92 Å². The summed E-state index contributed by atoms with van der Waals surface area (Å²) in [6, 6.07) is 2.91. The maximum atomic E-state index is 11.8. The molecule has 0 amide bonds. The molecule has 0 aliphatic heterocycles. The van der Waals surface area contributed by atoms with Crippen molar-refractivity contribution < 1.29 is 4.39 Å². The van der Waals surface area contributed by atoms with Crippen LogP contribution in [0.2, 0.25) is 0 Å². The third-order valence-corrected chi connectivity index (χ3v) is 0.625. The van der Waals surface area contributed by atoms with Gasteiger partial charge in [0.05, 0.1) is 6.20 Å². The fraction of sp³-hybridized carbons (Fsp3) is 0.125. The highest BCUT2D eigenvalue weighted by molar-refractivity contribution is 4.92. The predicted octanol–water partition coefficient (Wildman–Crippen LogP) is 2.41. The lowest BCUT2D eigenvalue weighted by Gasteiger charge is -1.78. The first-order valence-corrected chi connectivity index (χ1v) is 2.93. The summed E-state index contributed by atoms with van der Waals surface area (Å²) in [6.45, 7) is 5.25. The van der Waals surface area contributed by atoms with Crippen LogP contribution in [0.25, 0.3) is 0 Å². The molecule has 1 heterocycles. The fourth-order valence-corrected chi connectivity index (χ4v) is 0.342. The maximum absolute atomic E-state index is 11.8. The van der Waals surface area contributed by atoms with E-state index in [-0.39, 0.29) is 5.82 Å². The number of pyridine rings is 1. The van der Waals surface area contributed by atoms with Crippen molar-refractivity contribution in [3.63, 3.8) is 0 Å². The number of allylic oxidation sites excluding steroid dienone is 1. The Morgan fingerprint density at radius 2 is 2.30 bits per heavy atom. The zero-order valence-corrected chi connectivity index (χ0v) is 5.92. The first-order chi connectivity index (χ1) is 4.81. The monoisotopic (exact) mass is 139 g/mol. The molecular weight excluding hydrogens is 129 g/mol. The second-order valence-corrected chi connectivity index (χ2v) is 1.58. The first-order valence-electron chi connectivity index (χ1n) is 2.93. The summed E-state index contributed by atoms with van der Waals surface area (Å²) in [5, 5.41) is 0.